The molecule has 1 unspecified atom stereocenters. The molecule has 0 fully saturated rings. The van der Waals surface area contributed by atoms with E-state index in [4.69, 9.17) is 0 Å². The maximum absolute atomic E-state index is 13.5. The van der Waals surface area contributed by atoms with Gasteiger partial charge in [0, 0.05) is 18.5 Å². The lowest BCUT2D eigenvalue weighted by molar-refractivity contribution is 0.405. The van der Waals surface area contributed by atoms with Gasteiger partial charge in [-0.3, -0.25) is 0 Å². The van der Waals surface area contributed by atoms with E-state index in [1.54, 1.807) is 7.05 Å². The van der Waals surface area contributed by atoms with Gasteiger partial charge < -0.3 is 9.84 Å². The molecule has 21 heavy (non-hydrogen) atoms. The minimum Gasteiger partial charge on any atom is -0.334 e. The number of nitrogens with zero attached hydrogens (tertiary/aromatic N) is 2. The fraction of sp³-hybridized carbons (Fsp3) is 0.333. The number of halogens is 5. The molecule has 1 N–H and O–H groups in total. The van der Waals surface area contributed by atoms with E-state index >= 15 is 0 Å². The standard InChI is InChI=1S/C12H11F4N3O.ClH/c1-5(17-2)3-8-18-12(20-19-8)9-10(15)6(13)4-7(14)11(9)16;/h4-5,17H,3H2,1-2H3;1H. The van der Waals surface area contributed by atoms with Crippen LogP contribution in [0.15, 0.2) is 10.6 Å². The molecule has 0 bridgehead atoms. The summed E-state index contributed by atoms with van der Waals surface area (Å²) in [6, 6.07) is 0.119. The molecule has 2 aromatic rings. The molecule has 0 saturated carbocycles. The number of hydrogen-bond acceptors (Lipinski definition) is 4. The van der Waals surface area contributed by atoms with Crippen LogP contribution < -0.4 is 5.32 Å². The third kappa shape index (κ3) is 3.51. The molecular formula is C12H12ClF4N3O. The number of likely N-dealkylation sites (N-methyl/N-ethyl adjacent to an activating group) is 1. The van der Waals surface area contributed by atoms with Gasteiger partial charge in [0.25, 0.3) is 5.89 Å². The van der Waals surface area contributed by atoms with Gasteiger partial charge in [-0.1, -0.05) is 5.16 Å². The molecule has 9 heteroatoms. The van der Waals surface area contributed by atoms with Crippen molar-refractivity contribution in [1.82, 2.24) is 15.5 Å². The molecule has 0 aliphatic rings. The minimum atomic E-state index is -1.57. The first kappa shape index (κ1) is 17.4. The van der Waals surface area contributed by atoms with Crippen molar-refractivity contribution in [3.63, 3.8) is 0 Å². The third-order valence-corrected chi connectivity index (χ3v) is 2.78. The first-order valence-corrected chi connectivity index (χ1v) is 5.77. The number of hydrogen-bond donors (Lipinski definition) is 1. The normalized spacial score (nSPS) is 12.1. The second-order valence-electron chi connectivity index (χ2n) is 4.25. The van der Waals surface area contributed by atoms with Crippen LogP contribution in [0.25, 0.3) is 11.5 Å². The van der Waals surface area contributed by atoms with Crippen LogP contribution in [0.5, 0.6) is 0 Å². The van der Waals surface area contributed by atoms with Crippen molar-refractivity contribution in [3.8, 4) is 11.5 Å². The van der Waals surface area contributed by atoms with E-state index in [-0.39, 0.29) is 30.3 Å². The van der Waals surface area contributed by atoms with Gasteiger partial charge in [0.1, 0.15) is 5.56 Å². The first-order valence-electron chi connectivity index (χ1n) is 5.77. The molecule has 1 heterocycles. The second kappa shape index (κ2) is 6.86. The Hall–Kier alpha value is -1.67. The zero-order valence-electron chi connectivity index (χ0n) is 11.1. The average molecular weight is 326 g/mol. The Morgan fingerprint density at radius 3 is 2.29 bits per heavy atom. The summed E-state index contributed by atoms with van der Waals surface area (Å²) in [6.07, 6.45) is 0.334. The first-order chi connectivity index (χ1) is 9.43. The fourth-order valence-electron chi connectivity index (χ4n) is 1.58. The number of aromatic nitrogens is 2. The highest BCUT2D eigenvalue weighted by Gasteiger charge is 2.25. The SMILES string of the molecule is CNC(C)Cc1noc(-c2c(F)c(F)cc(F)c2F)n1.Cl. The molecule has 1 atom stereocenters. The van der Waals surface area contributed by atoms with Gasteiger partial charge in [0.2, 0.25) is 0 Å². The van der Waals surface area contributed by atoms with Crippen molar-refractivity contribution in [2.24, 2.45) is 0 Å². The number of benzene rings is 1. The maximum atomic E-state index is 13.5. The highest BCUT2D eigenvalue weighted by molar-refractivity contribution is 5.85. The van der Waals surface area contributed by atoms with Gasteiger partial charge in [0.05, 0.1) is 0 Å². The van der Waals surface area contributed by atoms with Crippen molar-refractivity contribution in [3.05, 3.63) is 35.2 Å². The molecule has 0 aliphatic carbocycles. The number of rotatable bonds is 4. The highest BCUT2D eigenvalue weighted by atomic mass is 35.5. The zero-order valence-corrected chi connectivity index (χ0v) is 11.9. The van der Waals surface area contributed by atoms with Gasteiger partial charge in [-0.25, -0.2) is 17.6 Å². The minimum absolute atomic E-state index is 0. The van der Waals surface area contributed by atoms with Crippen molar-refractivity contribution in [1.29, 1.82) is 0 Å². The average Bonchev–Trinajstić information content (AvgIpc) is 2.85. The fourth-order valence-corrected chi connectivity index (χ4v) is 1.58. The van der Waals surface area contributed by atoms with Crippen LogP contribution in [-0.2, 0) is 6.42 Å². The van der Waals surface area contributed by atoms with Crippen LogP contribution in [0, 0.1) is 23.3 Å². The predicted molar refractivity (Wildman–Crippen MR) is 69.0 cm³/mol. The Balaban J connectivity index is 0.00000220. The summed E-state index contributed by atoms with van der Waals surface area (Å²) in [7, 11) is 1.72. The molecule has 4 nitrogen and oxygen atoms in total. The molecule has 116 valence electrons. The van der Waals surface area contributed by atoms with Gasteiger partial charge in [-0.2, -0.15) is 4.98 Å². The lowest BCUT2D eigenvalue weighted by atomic mass is 10.1. The summed E-state index contributed by atoms with van der Waals surface area (Å²) >= 11 is 0. The lowest BCUT2D eigenvalue weighted by Crippen LogP contribution is -2.24. The Morgan fingerprint density at radius 1 is 1.19 bits per heavy atom. The Bertz CT molecular complexity index is 609. The van der Waals surface area contributed by atoms with E-state index in [9.17, 15) is 17.6 Å². The van der Waals surface area contributed by atoms with E-state index in [2.05, 4.69) is 20.0 Å². The molecule has 1 aromatic heterocycles. The van der Waals surface area contributed by atoms with Gasteiger partial charge in [-0.05, 0) is 14.0 Å². The lowest BCUT2D eigenvalue weighted by Gasteiger charge is -2.05. The van der Waals surface area contributed by atoms with E-state index < -0.39 is 34.7 Å². The molecule has 0 radical (unpaired) electrons. The molecule has 2 rings (SSSR count). The summed E-state index contributed by atoms with van der Waals surface area (Å²) in [6.45, 7) is 1.83. The summed E-state index contributed by atoms with van der Waals surface area (Å²) in [5.41, 5.74) is -1.00. The van der Waals surface area contributed by atoms with Crippen LogP contribution >= 0.6 is 12.4 Å². The van der Waals surface area contributed by atoms with Gasteiger partial charge in [0.15, 0.2) is 29.1 Å². The van der Waals surface area contributed by atoms with Crippen LogP contribution in [0.2, 0.25) is 0 Å². The summed E-state index contributed by atoms with van der Waals surface area (Å²) in [5.74, 6) is -6.62. The Morgan fingerprint density at radius 2 is 1.76 bits per heavy atom. The van der Waals surface area contributed by atoms with E-state index in [0.29, 0.717) is 6.42 Å². The molecule has 0 amide bonds. The van der Waals surface area contributed by atoms with Crippen molar-refractivity contribution in [2.45, 2.75) is 19.4 Å². The van der Waals surface area contributed by atoms with Gasteiger partial charge in [-0.15, -0.1) is 12.4 Å². The molecular weight excluding hydrogens is 314 g/mol. The quantitative estimate of drug-likeness (QED) is 0.694. The summed E-state index contributed by atoms with van der Waals surface area (Å²) < 4.78 is 57.9. The molecule has 1 aromatic carbocycles. The van der Waals surface area contributed by atoms with Crippen molar-refractivity contribution < 1.29 is 22.1 Å². The van der Waals surface area contributed by atoms with Crippen LogP contribution in [-0.4, -0.2) is 23.2 Å². The van der Waals surface area contributed by atoms with Crippen molar-refractivity contribution >= 4 is 12.4 Å². The summed E-state index contributed by atoms with van der Waals surface area (Å²) in [5, 5.41) is 6.43. The second-order valence-corrected chi connectivity index (χ2v) is 4.25. The van der Waals surface area contributed by atoms with E-state index in [0.717, 1.165) is 0 Å². The molecule has 0 saturated heterocycles. The number of nitrogens with one attached hydrogen (secondary N) is 1. The molecule has 0 spiro atoms. The third-order valence-electron chi connectivity index (χ3n) is 2.78. The highest BCUT2D eigenvalue weighted by Crippen LogP contribution is 2.28. The zero-order chi connectivity index (χ0) is 14.9. The smallest absolute Gasteiger partial charge is 0.264 e. The van der Waals surface area contributed by atoms with Crippen molar-refractivity contribution in [2.75, 3.05) is 7.05 Å². The monoisotopic (exact) mass is 325 g/mol. The topological polar surface area (TPSA) is 51.0 Å². The van der Waals surface area contributed by atoms with Crippen LogP contribution in [0.1, 0.15) is 12.7 Å². The largest absolute Gasteiger partial charge is 0.334 e. The van der Waals surface area contributed by atoms with E-state index in [1.807, 2.05) is 6.92 Å². The molecule has 0 aliphatic heterocycles. The van der Waals surface area contributed by atoms with Crippen LogP contribution in [0.3, 0.4) is 0 Å². The van der Waals surface area contributed by atoms with Gasteiger partial charge >= 0.3 is 0 Å². The van der Waals surface area contributed by atoms with Crippen LogP contribution in [0.4, 0.5) is 17.6 Å². The Kier molecular flexibility index (Phi) is 5.68. The maximum Gasteiger partial charge on any atom is 0.264 e. The predicted octanol–water partition coefficient (Wildman–Crippen LogP) is 2.87. The summed E-state index contributed by atoms with van der Waals surface area (Å²) in [4.78, 5) is 3.74. The Labute approximate surface area is 123 Å². The van der Waals surface area contributed by atoms with E-state index in [1.165, 1.54) is 0 Å².